The van der Waals surface area contributed by atoms with Crippen molar-refractivity contribution in [3.63, 3.8) is 0 Å². The number of rotatable bonds is 3. The summed E-state index contributed by atoms with van der Waals surface area (Å²) < 4.78 is 6.26. The minimum atomic E-state index is 0.655. The zero-order valence-electron chi connectivity index (χ0n) is 8.16. The van der Waals surface area contributed by atoms with Crippen molar-refractivity contribution in [2.45, 2.75) is 12.3 Å². The Morgan fingerprint density at radius 1 is 1.57 bits per heavy atom. The molecule has 1 aliphatic carbocycles. The first kappa shape index (κ1) is 9.99. The summed E-state index contributed by atoms with van der Waals surface area (Å²) in [5.41, 5.74) is 6.97. The topological polar surface area (TPSA) is 35.2 Å². The van der Waals surface area contributed by atoms with Crippen molar-refractivity contribution in [2.24, 2.45) is 11.7 Å². The molecule has 3 heteroatoms. The number of ether oxygens (including phenoxy) is 1. The zero-order chi connectivity index (χ0) is 10.1. The quantitative estimate of drug-likeness (QED) is 0.901. The summed E-state index contributed by atoms with van der Waals surface area (Å²) in [5.74, 6) is 2.24. The molecule has 0 radical (unpaired) electrons. The third-order valence-electron chi connectivity index (χ3n) is 2.83. The van der Waals surface area contributed by atoms with Gasteiger partial charge in [-0.25, -0.2) is 0 Å². The number of nitrogens with two attached hydrogens (primary N) is 1. The maximum absolute atomic E-state index is 5.62. The standard InChI is InChI=1S/C11H14BrNO/c1-14-11-5-7(2-3-10(11)12)9-4-8(9)6-13/h2-3,5,8-9H,4,6,13H2,1H3. The lowest BCUT2D eigenvalue weighted by atomic mass is 10.1. The maximum Gasteiger partial charge on any atom is 0.133 e. The van der Waals surface area contributed by atoms with E-state index < -0.39 is 0 Å². The second kappa shape index (κ2) is 3.91. The summed E-state index contributed by atoms with van der Waals surface area (Å²) in [4.78, 5) is 0. The molecule has 76 valence electrons. The van der Waals surface area contributed by atoms with Crippen LogP contribution in [-0.4, -0.2) is 13.7 Å². The molecule has 0 aromatic heterocycles. The number of benzene rings is 1. The SMILES string of the molecule is COc1cc(C2CC2CN)ccc1Br. The van der Waals surface area contributed by atoms with Gasteiger partial charge in [-0.15, -0.1) is 0 Å². The number of methoxy groups -OCH3 is 1. The van der Waals surface area contributed by atoms with E-state index in [2.05, 4.69) is 28.1 Å². The molecule has 0 spiro atoms. The van der Waals surface area contributed by atoms with Crippen molar-refractivity contribution in [3.05, 3.63) is 28.2 Å². The zero-order valence-corrected chi connectivity index (χ0v) is 9.75. The summed E-state index contributed by atoms with van der Waals surface area (Å²) in [6, 6.07) is 6.29. The first-order chi connectivity index (χ1) is 6.76. The van der Waals surface area contributed by atoms with E-state index in [1.54, 1.807) is 7.11 Å². The molecule has 0 heterocycles. The summed E-state index contributed by atoms with van der Waals surface area (Å²) >= 11 is 3.44. The summed E-state index contributed by atoms with van der Waals surface area (Å²) in [6.07, 6.45) is 1.22. The first-order valence-electron chi connectivity index (χ1n) is 4.79. The van der Waals surface area contributed by atoms with Crippen molar-refractivity contribution in [1.29, 1.82) is 0 Å². The van der Waals surface area contributed by atoms with Crippen LogP contribution in [0.2, 0.25) is 0 Å². The van der Waals surface area contributed by atoms with Gasteiger partial charge in [-0.05, 0) is 58.4 Å². The predicted molar refractivity (Wildman–Crippen MR) is 60.6 cm³/mol. The van der Waals surface area contributed by atoms with E-state index in [9.17, 15) is 0 Å². The second-order valence-electron chi connectivity index (χ2n) is 3.73. The first-order valence-corrected chi connectivity index (χ1v) is 5.59. The van der Waals surface area contributed by atoms with Crippen LogP contribution in [0.25, 0.3) is 0 Å². The summed E-state index contributed by atoms with van der Waals surface area (Å²) in [5, 5.41) is 0. The maximum atomic E-state index is 5.62. The molecule has 0 aliphatic heterocycles. The number of halogens is 1. The van der Waals surface area contributed by atoms with E-state index in [0.717, 1.165) is 16.8 Å². The minimum Gasteiger partial charge on any atom is -0.496 e. The molecule has 2 nitrogen and oxygen atoms in total. The Hall–Kier alpha value is -0.540. The lowest BCUT2D eigenvalue weighted by Crippen LogP contribution is -2.02. The highest BCUT2D eigenvalue weighted by molar-refractivity contribution is 9.10. The largest absolute Gasteiger partial charge is 0.496 e. The Labute approximate surface area is 92.6 Å². The van der Waals surface area contributed by atoms with Gasteiger partial charge in [0.15, 0.2) is 0 Å². The van der Waals surface area contributed by atoms with Crippen molar-refractivity contribution in [1.82, 2.24) is 0 Å². The lowest BCUT2D eigenvalue weighted by molar-refractivity contribution is 0.411. The molecule has 14 heavy (non-hydrogen) atoms. The predicted octanol–water partition coefficient (Wildman–Crippen LogP) is 2.52. The molecular weight excluding hydrogens is 242 g/mol. The van der Waals surface area contributed by atoms with Crippen molar-refractivity contribution in [2.75, 3.05) is 13.7 Å². The molecular formula is C11H14BrNO. The van der Waals surface area contributed by atoms with Crippen LogP contribution in [0.3, 0.4) is 0 Å². The van der Waals surface area contributed by atoms with Crippen LogP contribution in [0.15, 0.2) is 22.7 Å². The molecule has 1 aromatic rings. The minimum absolute atomic E-state index is 0.655. The van der Waals surface area contributed by atoms with Crippen LogP contribution in [0.5, 0.6) is 5.75 Å². The van der Waals surface area contributed by atoms with E-state index >= 15 is 0 Å². The Morgan fingerprint density at radius 2 is 2.36 bits per heavy atom. The van der Waals surface area contributed by atoms with Crippen molar-refractivity contribution >= 4 is 15.9 Å². The molecule has 2 unspecified atom stereocenters. The monoisotopic (exact) mass is 255 g/mol. The summed E-state index contributed by atoms with van der Waals surface area (Å²) in [7, 11) is 1.69. The van der Waals surface area contributed by atoms with Crippen LogP contribution in [0.4, 0.5) is 0 Å². The fraction of sp³-hybridized carbons (Fsp3) is 0.455. The van der Waals surface area contributed by atoms with Gasteiger partial charge in [0.2, 0.25) is 0 Å². The Balaban J connectivity index is 2.20. The van der Waals surface area contributed by atoms with Gasteiger partial charge in [0.25, 0.3) is 0 Å². The van der Waals surface area contributed by atoms with Crippen LogP contribution in [0, 0.1) is 5.92 Å². The van der Waals surface area contributed by atoms with Gasteiger partial charge in [0.1, 0.15) is 5.75 Å². The van der Waals surface area contributed by atoms with E-state index in [1.165, 1.54) is 12.0 Å². The average molecular weight is 256 g/mol. The van der Waals surface area contributed by atoms with E-state index in [4.69, 9.17) is 10.5 Å². The van der Waals surface area contributed by atoms with E-state index in [0.29, 0.717) is 11.8 Å². The third-order valence-corrected chi connectivity index (χ3v) is 3.48. The molecule has 1 aliphatic rings. The van der Waals surface area contributed by atoms with Crippen LogP contribution >= 0.6 is 15.9 Å². The highest BCUT2D eigenvalue weighted by Crippen LogP contribution is 2.47. The Bertz CT molecular complexity index is 340. The highest BCUT2D eigenvalue weighted by atomic mass is 79.9. The van der Waals surface area contributed by atoms with Gasteiger partial charge in [0.05, 0.1) is 11.6 Å². The van der Waals surface area contributed by atoms with Gasteiger partial charge in [-0.3, -0.25) is 0 Å². The van der Waals surface area contributed by atoms with E-state index in [1.807, 2.05) is 6.07 Å². The van der Waals surface area contributed by atoms with Gasteiger partial charge in [-0.1, -0.05) is 6.07 Å². The third kappa shape index (κ3) is 1.79. The fourth-order valence-corrected chi connectivity index (χ4v) is 2.23. The van der Waals surface area contributed by atoms with Crippen LogP contribution in [-0.2, 0) is 0 Å². The Kier molecular flexibility index (Phi) is 2.79. The number of hydrogen-bond donors (Lipinski definition) is 1. The molecule has 2 rings (SSSR count). The van der Waals surface area contributed by atoms with E-state index in [-0.39, 0.29) is 0 Å². The fourth-order valence-electron chi connectivity index (χ4n) is 1.82. The van der Waals surface area contributed by atoms with Crippen LogP contribution < -0.4 is 10.5 Å². The normalized spacial score (nSPS) is 24.8. The highest BCUT2D eigenvalue weighted by Gasteiger charge is 2.37. The lowest BCUT2D eigenvalue weighted by Gasteiger charge is -2.06. The van der Waals surface area contributed by atoms with Gasteiger partial charge < -0.3 is 10.5 Å². The molecule has 2 atom stereocenters. The average Bonchev–Trinajstić information content (AvgIpc) is 2.98. The molecule has 0 saturated heterocycles. The molecule has 1 fully saturated rings. The molecule has 0 bridgehead atoms. The smallest absolute Gasteiger partial charge is 0.133 e. The molecule has 0 amide bonds. The number of hydrogen-bond acceptors (Lipinski definition) is 2. The van der Waals surface area contributed by atoms with Crippen molar-refractivity contribution in [3.8, 4) is 5.75 Å². The molecule has 1 aromatic carbocycles. The molecule has 1 saturated carbocycles. The van der Waals surface area contributed by atoms with Crippen molar-refractivity contribution < 1.29 is 4.74 Å². The Morgan fingerprint density at radius 3 is 2.93 bits per heavy atom. The second-order valence-corrected chi connectivity index (χ2v) is 4.59. The van der Waals surface area contributed by atoms with Gasteiger partial charge >= 0.3 is 0 Å². The summed E-state index contributed by atoms with van der Waals surface area (Å²) in [6.45, 7) is 0.795. The van der Waals surface area contributed by atoms with Gasteiger partial charge in [0, 0.05) is 0 Å². The molecule has 2 N–H and O–H groups in total. The van der Waals surface area contributed by atoms with Gasteiger partial charge in [-0.2, -0.15) is 0 Å². The van der Waals surface area contributed by atoms with Crippen LogP contribution in [0.1, 0.15) is 17.9 Å².